The Balaban J connectivity index is 3.46. The van der Waals surface area contributed by atoms with Gasteiger partial charge in [-0.2, -0.15) is 0 Å². The first-order valence-electron chi connectivity index (χ1n) is 9.02. The van der Waals surface area contributed by atoms with Gasteiger partial charge in [-0.25, -0.2) is 0 Å². The Hall–Kier alpha value is -0.740. The molecule has 0 N–H and O–H groups in total. The normalized spacial score (nSPS) is 13.9. The number of ether oxygens (including phenoxy) is 1. The molecule has 0 aromatic rings. The Bertz CT molecular complexity index is 327. The Morgan fingerprint density at radius 3 is 2.09 bits per heavy atom. The maximum absolute atomic E-state index is 5.65. The zero-order chi connectivity index (χ0) is 16.8. The first-order valence-corrected chi connectivity index (χ1v) is 9.02. The average Bonchev–Trinajstić information content (AvgIpc) is 2.45. The van der Waals surface area contributed by atoms with Gasteiger partial charge < -0.3 is 4.74 Å². The van der Waals surface area contributed by atoms with Crippen molar-refractivity contribution in [1.82, 2.24) is 0 Å². The highest BCUT2D eigenvalue weighted by Gasteiger charge is 2.21. The second-order valence-corrected chi connectivity index (χ2v) is 7.60. The number of terminal acetylenes is 1. The molecule has 0 heterocycles. The Morgan fingerprint density at radius 2 is 1.59 bits per heavy atom. The molecule has 1 atom stereocenters. The molecular formula is C21H38O. The zero-order valence-electron chi connectivity index (χ0n) is 15.7. The van der Waals surface area contributed by atoms with Crippen LogP contribution in [0.15, 0.2) is 11.6 Å². The third-order valence-electron chi connectivity index (χ3n) is 4.41. The van der Waals surface area contributed by atoms with Crippen molar-refractivity contribution in [1.29, 1.82) is 0 Å². The van der Waals surface area contributed by atoms with E-state index in [4.69, 9.17) is 11.2 Å². The van der Waals surface area contributed by atoms with Crippen molar-refractivity contribution in [2.24, 2.45) is 11.3 Å². The fourth-order valence-electron chi connectivity index (χ4n) is 2.73. The number of allylic oxidation sites excluding steroid dienone is 1. The molecule has 1 heteroatoms. The first kappa shape index (κ1) is 21.3. The lowest BCUT2D eigenvalue weighted by molar-refractivity contribution is 0.233. The highest BCUT2D eigenvalue weighted by atomic mass is 16.5. The molecule has 0 aliphatic heterocycles. The monoisotopic (exact) mass is 306 g/mol. The second kappa shape index (κ2) is 12.8. The highest BCUT2D eigenvalue weighted by molar-refractivity contribution is 4.98. The van der Waals surface area contributed by atoms with Crippen LogP contribution in [0.1, 0.15) is 85.5 Å². The largest absolute Gasteiger partial charge is 0.381 e. The van der Waals surface area contributed by atoms with E-state index in [-0.39, 0.29) is 5.41 Å². The molecular weight excluding hydrogens is 268 g/mol. The molecule has 128 valence electrons. The van der Waals surface area contributed by atoms with Gasteiger partial charge in [0.15, 0.2) is 0 Å². The van der Waals surface area contributed by atoms with Crippen LogP contribution in [0.25, 0.3) is 0 Å². The van der Waals surface area contributed by atoms with Crippen LogP contribution >= 0.6 is 0 Å². The minimum absolute atomic E-state index is 0.253. The Labute approximate surface area is 139 Å². The number of hydrogen-bond donors (Lipinski definition) is 0. The lowest BCUT2D eigenvalue weighted by Gasteiger charge is -2.26. The van der Waals surface area contributed by atoms with E-state index < -0.39 is 0 Å². The summed E-state index contributed by atoms with van der Waals surface area (Å²) >= 11 is 0. The Morgan fingerprint density at radius 1 is 1.05 bits per heavy atom. The molecule has 22 heavy (non-hydrogen) atoms. The number of hydrogen-bond acceptors (Lipinski definition) is 1. The minimum Gasteiger partial charge on any atom is -0.381 e. The van der Waals surface area contributed by atoms with Gasteiger partial charge in [0.25, 0.3) is 0 Å². The fraction of sp³-hybridized carbons (Fsp3) is 0.810. The van der Waals surface area contributed by atoms with E-state index in [0.717, 1.165) is 6.61 Å². The molecule has 0 spiro atoms. The summed E-state index contributed by atoms with van der Waals surface area (Å²) in [5, 5.41) is 0. The molecule has 0 aromatic heterocycles. The number of rotatable bonds is 12. The van der Waals surface area contributed by atoms with Crippen molar-refractivity contribution in [3.63, 3.8) is 0 Å². The van der Waals surface area contributed by atoms with Gasteiger partial charge in [-0.1, -0.05) is 70.9 Å². The summed E-state index contributed by atoms with van der Waals surface area (Å²) in [7, 11) is 1.75. The summed E-state index contributed by atoms with van der Waals surface area (Å²) in [5.74, 6) is 3.40. The SMILES string of the molecule is C#CC(CCCCCCCCC/C(C)=C/COC)C(C)(C)C. The van der Waals surface area contributed by atoms with Gasteiger partial charge >= 0.3 is 0 Å². The van der Waals surface area contributed by atoms with Crippen LogP contribution in [0.2, 0.25) is 0 Å². The van der Waals surface area contributed by atoms with Crippen molar-refractivity contribution in [2.45, 2.75) is 85.5 Å². The maximum Gasteiger partial charge on any atom is 0.0646 e. The van der Waals surface area contributed by atoms with Crippen LogP contribution in [0, 0.1) is 23.7 Å². The van der Waals surface area contributed by atoms with E-state index in [0.29, 0.717) is 5.92 Å². The van der Waals surface area contributed by atoms with Crippen molar-refractivity contribution in [3.8, 4) is 12.3 Å². The van der Waals surface area contributed by atoms with Crippen molar-refractivity contribution >= 4 is 0 Å². The van der Waals surface area contributed by atoms with Gasteiger partial charge in [-0.05, 0) is 31.6 Å². The van der Waals surface area contributed by atoms with Crippen LogP contribution < -0.4 is 0 Å². The summed E-state index contributed by atoms with van der Waals surface area (Å²) in [6, 6.07) is 0. The molecule has 0 saturated carbocycles. The zero-order valence-corrected chi connectivity index (χ0v) is 15.7. The molecule has 1 nitrogen and oxygen atoms in total. The fourth-order valence-corrected chi connectivity index (χ4v) is 2.73. The predicted octanol–water partition coefficient (Wildman–Crippen LogP) is 6.39. The third kappa shape index (κ3) is 11.9. The van der Waals surface area contributed by atoms with Gasteiger partial charge in [0, 0.05) is 13.0 Å². The summed E-state index contributed by atoms with van der Waals surface area (Å²) in [4.78, 5) is 0. The quantitative estimate of drug-likeness (QED) is 0.231. The molecule has 0 fully saturated rings. The van der Waals surface area contributed by atoms with E-state index in [1.165, 1.54) is 63.4 Å². The van der Waals surface area contributed by atoms with E-state index in [9.17, 15) is 0 Å². The lowest BCUT2D eigenvalue weighted by Crippen LogP contribution is -2.18. The van der Waals surface area contributed by atoms with Crippen molar-refractivity contribution in [3.05, 3.63) is 11.6 Å². The summed E-state index contributed by atoms with van der Waals surface area (Å²) in [5.41, 5.74) is 1.72. The van der Waals surface area contributed by atoms with Gasteiger partial charge in [0.1, 0.15) is 0 Å². The average molecular weight is 307 g/mol. The molecule has 0 amide bonds. The van der Waals surface area contributed by atoms with Crippen molar-refractivity contribution in [2.75, 3.05) is 13.7 Å². The van der Waals surface area contributed by atoms with Crippen LogP contribution in [-0.4, -0.2) is 13.7 Å². The Kier molecular flexibility index (Phi) is 12.3. The van der Waals surface area contributed by atoms with E-state index in [1.54, 1.807) is 7.11 Å². The molecule has 0 aromatic carbocycles. The first-order chi connectivity index (χ1) is 10.4. The smallest absolute Gasteiger partial charge is 0.0646 e. The van der Waals surface area contributed by atoms with Crippen molar-refractivity contribution < 1.29 is 4.74 Å². The molecule has 1 unspecified atom stereocenters. The standard InChI is InChI=1S/C21H38O/c1-7-20(21(3,4)5)16-14-12-10-8-9-11-13-15-19(2)17-18-22-6/h1,17,20H,8-16,18H2,2-6H3/b19-17+. The molecule has 0 bridgehead atoms. The predicted molar refractivity (Wildman–Crippen MR) is 99.0 cm³/mol. The molecule has 0 radical (unpaired) electrons. The summed E-state index contributed by atoms with van der Waals surface area (Å²) < 4.78 is 5.05. The highest BCUT2D eigenvalue weighted by Crippen LogP contribution is 2.29. The van der Waals surface area contributed by atoms with Crippen LogP contribution in [-0.2, 0) is 4.74 Å². The van der Waals surface area contributed by atoms with Crippen LogP contribution in [0.3, 0.4) is 0 Å². The third-order valence-corrected chi connectivity index (χ3v) is 4.41. The molecule has 0 saturated heterocycles. The maximum atomic E-state index is 5.65. The number of methoxy groups -OCH3 is 1. The van der Waals surface area contributed by atoms with E-state index >= 15 is 0 Å². The summed E-state index contributed by atoms with van der Waals surface area (Å²) in [6.07, 6.45) is 19.6. The van der Waals surface area contributed by atoms with Gasteiger partial charge in [-0.15, -0.1) is 12.3 Å². The van der Waals surface area contributed by atoms with Gasteiger partial charge in [-0.3, -0.25) is 0 Å². The molecule has 0 rings (SSSR count). The van der Waals surface area contributed by atoms with Crippen LogP contribution in [0.5, 0.6) is 0 Å². The van der Waals surface area contributed by atoms with Crippen LogP contribution in [0.4, 0.5) is 0 Å². The number of unbranched alkanes of at least 4 members (excludes halogenated alkanes) is 6. The van der Waals surface area contributed by atoms with E-state index in [2.05, 4.69) is 39.7 Å². The van der Waals surface area contributed by atoms with Gasteiger partial charge in [0.2, 0.25) is 0 Å². The minimum atomic E-state index is 0.253. The molecule has 0 aliphatic rings. The van der Waals surface area contributed by atoms with Gasteiger partial charge in [0.05, 0.1) is 6.61 Å². The lowest BCUT2D eigenvalue weighted by atomic mass is 9.78. The molecule has 0 aliphatic carbocycles. The summed E-state index contributed by atoms with van der Waals surface area (Å²) in [6.45, 7) is 9.71. The second-order valence-electron chi connectivity index (χ2n) is 7.60. The topological polar surface area (TPSA) is 9.23 Å². The van der Waals surface area contributed by atoms with E-state index in [1.807, 2.05) is 0 Å².